The number of H-pyrrole nitrogens is 2. The fraction of sp³-hybridized carbons (Fsp3) is 0.214. The largest absolute Gasteiger partial charge is 0.335 e. The first-order valence-electron chi connectivity index (χ1n) is 6.22. The quantitative estimate of drug-likeness (QED) is 0.542. The Bertz CT molecular complexity index is 803. The monoisotopic (exact) mass is 380 g/mol. The van der Waals surface area contributed by atoms with Crippen LogP contribution >= 0.6 is 22.6 Å². The lowest BCUT2D eigenvalue weighted by Crippen LogP contribution is -2.06. The average Bonchev–Trinajstić information content (AvgIpc) is 2.92. The van der Waals surface area contributed by atoms with Crippen LogP contribution in [0.15, 0.2) is 18.3 Å². The number of pyridine rings is 1. The van der Waals surface area contributed by atoms with E-state index in [-0.39, 0.29) is 5.78 Å². The number of nitrogens with one attached hydrogen (secondary N) is 2. The Morgan fingerprint density at radius 2 is 2.15 bits per heavy atom. The van der Waals surface area contributed by atoms with Crippen LogP contribution in [0.4, 0.5) is 0 Å². The summed E-state index contributed by atoms with van der Waals surface area (Å²) in [6.07, 6.45) is 2.05. The second-order valence-corrected chi connectivity index (χ2v) is 5.98. The Balaban J connectivity index is 1.88. The van der Waals surface area contributed by atoms with E-state index >= 15 is 0 Å². The van der Waals surface area contributed by atoms with E-state index in [0.29, 0.717) is 12.1 Å². The average molecular weight is 380 g/mol. The number of fused-ring (bicyclic) bond motifs is 1. The number of hydrogen-bond donors (Lipinski definition) is 2. The van der Waals surface area contributed by atoms with Gasteiger partial charge in [-0.15, -0.1) is 0 Å². The molecule has 0 unspecified atom stereocenters. The summed E-state index contributed by atoms with van der Waals surface area (Å²) in [5.74, 6) is 0.0123. The molecule has 0 aliphatic rings. The van der Waals surface area contributed by atoms with Gasteiger partial charge in [0.15, 0.2) is 5.78 Å². The lowest BCUT2D eigenvalue weighted by molar-refractivity contribution is 0.0987. The van der Waals surface area contributed by atoms with Crippen LogP contribution < -0.4 is 0 Å². The number of carbonyl (C=O) groups excluding carboxylic acids is 1. The van der Waals surface area contributed by atoms with Gasteiger partial charge in [-0.2, -0.15) is 5.10 Å². The molecular formula is C14H13IN4O. The van der Waals surface area contributed by atoms with Crippen molar-refractivity contribution >= 4 is 39.4 Å². The maximum absolute atomic E-state index is 12.3. The molecule has 3 aromatic heterocycles. The molecule has 0 aliphatic carbocycles. The zero-order chi connectivity index (χ0) is 14.3. The van der Waals surface area contributed by atoms with Gasteiger partial charge in [-0.05, 0) is 54.1 Å². The maximum atomic E-state index is 12.3. The normalized spacial score (nSPS) is 11.2. The van der Waals surface area contributed by atoms with Crippen LogP contribution in [-0.2, 0) is 6.42 Å². The molecule has 0 radical (unpaired) electrons. The number of aryl methyl sites for hydroxylation is 1. The number of halogens is 1. The van der Waals surface area contributed by atoms with E-state index in [2.05, 4.69) is 42.8 Å². The fourth-order valence-corrected chi connectivity index (χ4v) is 2.74. The molecular weight excluding hydrogens is 367 g/mol. The summed E-state index contributed by atoms with van der Waals surface area (Å²) < 4.78 is 1.03. The number of nitrogens with zero attached hydrogens (tertiary/aromatic N) is 2. The number of ketones is 1. The third kappa shape index (κ3) is 2.35. The van der Waals surface area contributed by atoms with Crippen molar-refractivity contribution < 1.29 is 4.79 Å². The molecule has 0 atom stereocenters. The van der Waals surface area contributed by atoms with E-state index in [9.17, 15) is 4.79 Å². The lowest BCUT2D eigenvalue weighted by atomic mass is 10.1. The van der Waals surface area contributed by atoms with Crippen molar-refractivity contribution in [1.29, 1.82) is 0 Å². The summed E-state index contributed by atoms with van der Waals surface area (Å²) in [6, 6.07) is 4.01. The highest BCUT2D eigenvalue weighted by molar-refractivity contribution is 14.1. The van der Waals surface area contributed by atoms with Gasteiger partial charge in [-0.1, -0.05) is 0 Å². The summed E-state index contributed by atoms with van der Waals surface area (Å²) in [7, 11) is 0. The van der Waals surface area contributed by atoms with Crippen LogP contribution in [0.5, 0.6) is 0 Å². The predicted molar refractivity (Wildman–Crippen MR) is 84.9 cm³/mol. The zero-order valence-electron chi connectivity index (χ0n) is 11.1. The molecule has 3 aromatic rings. The molecule has 102 valence electrons. The molecule has 0 saturated heterocycles. The number of rotatable bonds is 3. The Labute approximate surface area is 129 Å². The van der Waals surface area contributed by atoms with Crippen molar-refractivity contribution in [1.82, 2.24) is 20.2 Å². The van der Waals surface area contributed by atoms with Crippen LogP contribution in [0.2, 0.25) is 0 Å². The first kappa shape index (κ1) is 13.3. The second kappa shape index (κ2) is 5.01. The van der Waals surface area contributed by atoms with Gasteiger partial charge in [-0.3, -0.25) is 9.89 Å². The number of aromatic amines is 2. The van der Waals surface area contributed by atoms with Gasteiger partial charge in [0.25, 0.3) is 0 Å². The van der Waals surface area contributed by atoms with Crippen LogP contribution in [0.3, 0.4) is 0 Å². The molecule has 3 rings (SSSR count). The summed E-state index contributed by atoms with van der Waals surface area (Å²) in [4.78, 5) is 19.8. The molecule has 0 amide bonds. The van der Waals surface area contributed by atoms with E-state index in [1.807, 2.05) is 26.0 Å². The summed E-state index contributed by atoms with van der Waals surface area (Å²) in [5.41, 5.74) is 4.11. The van der Waals surface area contributed by atoms with Crippen molar-refractivity contribution in [2.24, 2.45) is 0 Å². The number of Topliss-reactive ketones (excluding diaryl/α,β-unsaturated/α-hetero) is 1. The fourth-order valence-electron chi connectivity index (χ4n) is 2.15. The lowest BCUT2D eigenvalue weighted by Gasteiger charge is -2.00. The van der Waals surface area contributed by atoms with Gasteiger partial charge in [-0.25, -0.2) is 4.98 Å². The summed E-state index contributed by atoms with van der Waals surface area (Å²) in [6.45, 7) is 3.82. The van der Waals surface area contributed by atoms with Crippen molar-refractivity contribution in [3.63, 3.8) is 0 Å². The van der Waals surface area contributed by atoms with E-state index in [1.54, 1.807) is 6.20 Å². The number of carbonyl (C=O) groups is 1. The Morgan fingerprint density at radius 1 is 1.35 bits per heavy atom. The van der Waals surface area contributed by atoms with Gasteiger partial charge < -0.3 is 4.98 Å². The van der Waals surface area contributed by atoms with Crippen LogP contribution in [0.1, 0.15) is 27.3 Å². The third-order valence-electron chi connectivity index (χ3n) is 3.38. The molecule has 0 spiro atoms. The molecule has 0 aliphatic heterocycles. The number of hydrogen-bond acceptors (Lipinski definition) is 3. The topological polar surface area (TPSA) is 74.4 Å². The highest BCUT2D eigenvalue weighted by Gasteiger charge is 2.15. The van der Waals surface area contributed by atoms with Crippen LogP contribution in [0, 0.1) is 17.5 Å². The van der Waals surface area contributed by atoms with Crippen LogP contribution in [-0.4, -0.2) is 25.9 Å². The SMILES string of the molecule is Cc1[nH]nc(C(=O)Cc2cnc3[nH]c(I)cc3c2)c1C. The molecule has 3 heterocycles. The molecule has 5 nitrogen and oxygen atoms in total. The highest BCUT2D eigenvalue weighted by Crippen LogP contribution is 2.18. The second-order valence-electron chi connectivity index (χ2n) is 4.82. The minimum atomic E-state index is 0.0123. The zero-order valence-corrected chi connectivity index (χ0v) is 13.3. The van der Waals surface area contributed by atoms with E-state index in [4.69, 9.17) is 0 Å². The first-order chi connectivity index (χ1) is 9.54. The smallest absolute Gasteiger partial charge is 0.187 e. The standard InChI is InChI=1S/C14H13IN4O/c1-7-8(2)18-19-13(7)11(20)4-9-3-10-5-12(15)17-14(10)16-6-9/h3,5-6H,4H2,1-2H3,(H,16,17)(H,18,19). The van der Waals surface area contributed by atoms with E-state index in [0.717, 1.165) is 31.6 Å². The van der Waals surface area contributed by atoms with Gasteiger partial charge in [0.05, 0.1) is 3.70 Å². The molecule has 0 bridgehead atoms. The molecule has 2 N–H and O–H groups in total. The summed E-state index contributed by atoms with van der Waals surface area (Å²) >= 11 is 2.21. The Hall–Kier alpha value is -1.70. The van der Waals surface area contributed by atoms with E-state index in [1.165, 1.54) is 0 Å². The Morgan fingerprint density at radius 3 is 2.85 bits per heavy atom. The molecule has 0 fully saturated rings. The summed E-state index contributed by atoms with van der Waals surface area (Å²) in [5, 5.41) is 7.94. The minimum Gasteiger partial charge on any atom is -0.335 e. The molecule has 0 aromatic carbocycles. The van der Waals surface area contributed by atoms with Gasteiger partial charge in [0.2, 0.25) is 0 Å². The molecule has 0 saturated carbocycles. The maximum Gasteiger partial charge on any atom is 0.187 e. The van der Waals surface area contributed by atoms with Gasteiger partial charge >= 0.3 is 0 Å². The van der Waals surface area contributed by atoms with E-state index < -0.39 is 0 Å². The van der Waals surface area contributed by atoms with Crippen molar-refractivity contribution in [2.45, 2.75) is 20.3 Å². The third-order valence-corrected chi connectivity index (χ3v) is 3.96. The van der Waals surface area contributed by atoms with Gasteiger partial charge in [0.1, 0.15) is 11.3 Å². The minimum absolute atomic E-state index is 0.0123. The predicted octanol–water partition coefficient (Wildman–Crippen LogP) is 2.93. The first-order valence-corrected chi connectivity index (χ1v) is 7.30. The van der Waals surface area contributed by atoms with Crippen LogP contribution in [0.25, 0.3) is 11.0 Å². The van der Waals surface area contributed by atoms with Gasteiger partial charge in [0, 0.05) is 29.3 Å². The number of aromatic nitrogens is 4. The molecule has 20 heavy (non-hydrogen) atoms. The van der Waals surface area contributed by atoms with Crippen molar-refractivity contribution in [3.05, 3.63) is 44.5 Å². The highest BCUT2D eigenvalue weighted by atomic mass is 127. The van der Waals surface area contributed by atoms with Crippen molar-refractivity contribution in [3.8, 4) is 0 Å². The molecule has 6 heteroatoms. The Kier molecular flexibility index (Phi) is 3.33. The van der Waals surface area contributed by atoms with Crippen molar-refractivity contribution in [2.75, 3.05) is 0 Å².